The van der Waals surface area contributed by atoms with Crippen LogP contribution in [0.5, 0.6) is 0 Å². The number of benzene rings is 2. The van der Waals surface area contributed by atoms with Crippen LogP contribution in [0.15, 0.2) is 65.7 Å². The van der Waals surface area contributed by atoms with Gasteiger partial charge >= 0.3 is 0 Å². The van der Waals surface area contributed by atoms with E-state index in [1.165, 1.54) is 4.31 Å². The largest absolute Gasteiger partial charge is 0.369 e. The first-order chi connectivity index (χ1) is 13.5. The molecule has 1 saturated heterocycles. The standard InChI is InChI=1S/C21H21N3O3S/c1-16(25)17-7-9-19(10-8-17)23-12-14-24(15-13-23)28(26,27)20-6-2-4-18-5-3-11-22-21(18)20/h2-11H,12-15H2,1H3. The SMILES string of the molecule is CC(=O)c1ccc(N2CCN(S(=O)(=O)c3cccc4cccnc34)CC2)cc1. The predicted octanol–water partition coefficient (Wildman–Crippen LogP) is 2.95. The van der Waals surface area contributed by atoms with Gasteiger partial charge in [0.15, 0.2) is 5.78 Å². The fourth-order valence-corrected chi connectivity index (χ4v) is 5.10. The van der Waals surface area contributed by atoms with Crippen molar-refractivity contribution < 1.29 is 13.2 Å². The highest BCUT2D eigenvalue weighted by atomic mass is 32.2. The van der Waals surface area contributed by atoms with Crippen LogP contribution < -0.4 is 4.90 Å². The number of hydrogen-bond acceptors (Lipinski definition) is 5. The summed E-state index contributed by atoms with van der Waals surface area (Å²) in [5, 5.41) is 0.813. The lowest BCUT2D eigenvalue weighted by molar-refractivity contribution is 0.101. The lowest BCUT2D eigenvalue weighted by Crippen LogP contribution is -2.48. The number of hydrogen-bond donors (Lipinski definition) is 0. The Hall–Kier alpha value is -2.77. The molecule has 0 bridgehead atoms. The highest BCUT2D eigenvalue weighted by molar-refractivity contribution is 7.89. The molecule has 0 atom stereocenters. The molecule has 28 heavy (non-hydrogen) atoms. The third-order valence-corrected chi connectivity index (χ3v) is 7.02. The quantitative estimate of drug-likeness (QED) is 0.635. The lowest BCUT2D eigenvalue weighted by atomic mass is 10.1. The minimum Gasteiger partial charge on any atom is -0.369 e. The van der Waals surface area contributed by atoms with Crippen molar-refractivity contribution in [2.75, 3.05) is 31.1 Å². The average molecular weight is 395 g/mol. The number of Topliss-reactive ketones (excluding diaryl/α,β-unsaturated/α-hetero) is 1. The highest BCUT2D eigenvalue weighted by Gasteiger charge is 2.30. The van der Waals surface area contributed by atoms with E-state index in [9.17, 15) is 13.2 Å². The maximum absolute atomic E-state index is 13.2. The molecular weight excluding hydrogens is 374 g/mol. The second-order valence-corrected chi connectivity index (χ2v) is 8.73. The van der Waals surface area contributed by atoms with Gasteiger partial charge in [-0.1, -0.05) is 18.2 Å². The summed E-state index contributed by atoms with van der Waals surface area (Å²) >= 11 is 0. The van der Waals surface area contributed by atoms with E-state index in [4.69, 9.17) is 0 Å². The average Bonchev–Trinajstić information content (AvgIpc) is 2.73. The third kappa shape index (κ3) is 3.39. The number of sulfonamides is 1. The van der Waals surface area contributed by atoms with E-state index in [2.05, 4.69) is 9.88 Å². The van der Waals surface area contributed by atoms with Gasteiger partial charge < -0.3 is 4.90 Å². The summed E-state index contributed by atoms with van der Waals surface area (Å²) < 4.78 is 27.9. The molecule has 144 valence electrons. The van der Waals surface area contributed by atoms with E-state index < -0.39 is 10.0 Å². The zero-order chi connectivity index (χ0) is 19.7. The third-order valence-electron chi connectivity index (χ3n) is 5.09. The number of ketones is 1. The number of piperazine rings is 1. The molecule has 0 amide bonds. The number of anilines is 1. The van der Waals surface area contributed by atoms with Crippen LogP contribution in [0.25, 0.3) is 10.9 Å². The lowest BCUT2D eigenvalue weighted by Gasteiger charge is -2.35. The number of fused-ring (bicyclic) bond motifs is 1. The predicted molar refractivity (Wildman–Crippen MR) is 109 cm³/mol. The van der Waals surface area contributed by atoms with Crippen molar-refractivity contribution in [3.63, 3.8) is 0 Å². The molecule has 0 saturated carbocycles. The van der Waals surface area contributed by atoms with Gasteiger partial charge in [-0.05, 0) is 43.3 Å². The van der Waals surface area contributed by atoms with Gasteiger partial charge in [-0.25, -0.2) is 8.42 Å². The first-order valence-electron chi connectivity index (χ1n) is 9.17. The molecule has 7 heteroatoms. The van der Waals surface area contributed by atoms with Crippen LogP contribution in [-0.4, -0.2) is 49.7 Å². The molecule has 0 radical (unpaired) electrons. The monoisotopic (exact) mass is 395 g/mol. The van der Waals surface area contributed by atoms with Gasteiger partial charge in [-0.3, -0.25) is 9.78 Å². The van der Waals surface area contributed by atoms with Gasteiger partial charge in [0.25, 0.3) is 0 Å². The minimum atomic E-state index is -3.61. The maximum atomic E-state index is 13.2. The maximum Gasteiger partial charge on any atom is 0.245 e. The molecule has 0 N–H and O–H groups in total. The summed E-state index contributed by atoms with van der Waals surface area (Å²) in [6, 6.07) is 16.3. The molecule has 0 unspecified atom stereocenters. The van der Waals surface area contributed by atoms with Crippen LogP contribution in [0, 0.1) is 0 Å². The molecule has 6 nitrogen and oxygen atoms in total. The summed E-state index contributed by atoms with van der Waals surface area (Å²) in [6.45, 7) is 3.54. The Balaban J connectivity index is 1.53. The highest BCUT2D eigenvalue weighted by Crippen LogP contribution is 2.26. The first-order valence-corrected chi connectivity index (χ1v) is 10.6. The summed E-state index contributed by atoms with van der Waals surface area (Å²) in [5.74, 6) is 0.0335. The fourth-order valence-electron chi connectivity index (χ4n) is 3.52. The number of aromatic nitrogens is 1. The van der Waals surface area contributed by atoms with Crippen molar-refractivity contribution in [1.29, 1.82) is 0 Å². The van der Waals surface area contributed by atoms with Crippen molar-refractivity contribution in [3.05, 3.63) is 66.4 Å². The van der Waals surface area contributed by atoms with Gasteiger partial charge in [0, 0.05) is 49.0 Å². The van der Waals surface area contributed by atoms with E-state index in [-0.39, 0.29) is 10.7 Å². The Kier molecular flexibility index (Phi) is 4.87. The van der Waals surface area contributed by atoms with Crippen molar-refractivity contribution in [2.24, 2.45) is 0 Å². The Labute approximate surface area is 164 Å². The van der Waals surface area contributed by atoms with Crippen molar-refractivity contribution in [2.45, 2.75) is 11.8 Å². The van der Waals surface area contributed by atoms with Crippen LogP contribution >= 0.6 is 0 Å². The summed E-state index contributed by atoms with van der Waals surface area (Å²) in [6.07, 6.45) is 1.62. The van der Waals surface area contributed by atoms with E-state index in [0.29, 0.717) is 37.3 Å². The number of carbonyl (C=O) groups excluding carboxylic acids is 1. The normalized spacial score (nSPS) is 15.7. The number of pyridine rings is 1. The summed E-state index contributed by atoms with van der Waals surface area (Å²) in [4.78, 5) is 18.1. The summed E-state index contributed by atoms with van der Waals surface area (Å²) in [7, 11) is -3.61. The molecule has 1 aliphatic heterocycles. The van der Waals surface area contributed by atoms with Crippen LogP contribution in [0.2, 0.25) is 0 Å². The minimum absolute atomic E-state index is 0.0335. The number of nitrogens with zero attached hydrogens (tertiary/aromatic N) is 3. The van der Waals surface area contributed by atoms with E-state index in [1.807, 2.05) is 36.4 Å². The van der Waals surface area contributed by atoms with Gasteiger partial charge in [0.2, 0.25) is 10.0 Å². The molecule has 1 aromatic heterocycles. The van der Waals surface area contributed by atoms with Gasteiger partial charge in [-0.15, -0.1) is 0 Å². The van der Waals surface area contributed by atoms with E-state index in [1.54, 1.807) is 31.3 Å². The molecule has 1 fully saturated rings. The van der Waals surface area contributed by atoms with Crippen molar-refractivity contribution in [1.82, 2.24) is 9.29 Å². The van der Waals surface area contributed by atoms with E-state index in [0.717, 1.165) is 11.1 Å². The van der Waals surface area contributed by atoms with Gasteiger partial charge in [-0.2, -0.15) is 4.31 Å². The Morgan fingerprint density at radius 1 is 0.929 bits per heavy atom. The molecule has 1 aliphatic rings. The van der Waals surface area contributed by atoms with Crippen LogP contribution in [0.3, 0.4) is 0 Å². The molecule has 3 aromatic rings. The number of rotatable bonds is 4. The summed E-state index contributed by atoms with van der Waals surface area (Å²) in [5.41, 5.74) is 2.18. The smallest absolute Gasteiger partial charge is 0.245 e. The topological polar surface area (TPSA) is 70.6 Å². The van der Waals surface area contributed by atoms with Crippen LogP contribution in [0.1, 0.15) is 17.3 Å². The number of carbonyl (C=O) groups is 1. The van der Waals surface area contributed by atoms with Gasteiger partial charge in [0.1, 0.15) is 4.90 Å². The second kappa shape index (κ2) is 7.33. The zero-order valence-electron chi connectivity index (χ0n) is 15.6. The van der Waals surface area contributed by atoms with Gasteiger partial charge in [0.05, 0.1) is 5.52 Å². The Bertz CT molecular complexity index is 1110. The molecular formula is C21H21N3O3S. The first kappa shape index (κ1) is 18.6. The van der Waals surface area contributed by atoms with Crippen LogP contribution in [-0.2, 0) is 10.0 Å². The zero-order valence-corrected chi connectivity index (χ0v) is 16.4. The van der Waals surface area contributed by atoms with Crippen molar-refractivity contribution >= 4 is 32.4 Å². The Morgan fingerprint density at radius 3 is 2.29 bits per heavy atom. The number of para-hydroxylation sites is 1. The molecule has 0 aliphatic carbocycles. The second-order valence-electron chi connectivity index (χ2n) is 6.83. The van der Waals surface area contributed by atoms with Crippen molar-refractivity contribution in [3.8, 4) is 0 Å². The molecule has 4 rings (SSSR count). The molecule has 2 aromatic carbocycles. The van der Waals surface area contributed by atoms with Crippen LogP contribution in [0.4, 0.5) is 5.69 Å². The molecule has 0 spiro atoms. The Morgan fingerprint density at radius 2 is 1.61 bits per heavy atom. The fraction of sp³-hybridized carbons (Fsp3) is 0.238. The molecule has 2 heterocycles. The van der Waals surface area contributed by atoms with E-state index >= 15 is 0 Å².